The van der Waals surface area contributed by atoms with Gasteiger partial charge in [0, 0.05) is 18.3 Å². The molecule has 28 heavy (non-hydrogen) atoms. The summed E-state index contributed by atoms with van der Waals surface area (Å²) >= 11 is 0. The number of halogens is 2. The van der Waals surface area contributed by atoms with Gasteiger partial charge in [-0.2, -0.15) is 0 Å². The van der Waals surface area contributed by atoms with Gasteiger partial charge < -0.3 is 15.8 Å². The molecule has 1 saturated heterocycles. The van der Waals surface area contributed by atoms with Crippen molar-refractivity contribution in [3.8, 4) is 5.75 Å². The molecule has 0 saturated carbocycles. The van der Waals surface area contributed by atoms with E-state index in [0.29, 0.717) is 18.3 Å². The quantitative estimate of drug-likeness (QED) is 0.762. The molecule has 1 fully saturated rings. The van der Waals surface area contributed by atoms with Crippen molar-refractivity contribution >= 4 is 17.5 Å². The van der Waals surface area contributed by atoms with Crippen molar-refractivity contribution in [3.05, 3.63) is 59.7 Å². The number of ether oxygens (including phenoxy) is 1. The standard InChI is InChI=1S/C20H21F2N3O3/c21-14-6-7-18(16(22)10-14)28-12-19(26)24-15-4-1-3-13(9-15)11-25-8-2-5-17(25)20(23)27/h1,3-4,6-7,9-10,17H,2,5,8,11-12H2,(H2,23,27)(H,24,26). The fourth-order valence-corrected chi connectivity index (χ4v) is 3.25. The van der Waals surface area contributed by atoms with Crippen LogP contribution in [0.25, 0.3) is 0 Å². The molecule has 3 rings (SSSR count). The van der Waals surface area contributed by atoms with Crippen molar-refractivity contribution in [2.75, 3.05) is 18.5 Å². The molecule has 0 aliphatic carbocycles. The van der Waals surface area contributed by atoms with Crippen LogP contribution in [0.1, 0.15) is 18.4 Å². The third-order valence-electron chi connectivity index (χ3n) is 4.54. The van der Waals surface area contributed by atoms with Crippen LogP contribution in [-0.4, -0.2) is 35.9 Å². The van der Waals surface area contributed by atoms with Gasteiger partial charge in [-0.05, 0) is 49.2 Å². The second kappa shape index (κ2) is 8.79. The Kier molecular flexibility index (Phi) is 6.20. The number of carbonyl (C=O) groups is 2. The molecule has 1 atom stereocenters. The highest BCUT2D eigenvalue weighted by Gasteiger charge is 2.28. The molecular formula is C20H21F2N3O3. The Bertz CT molecular complexity index is 876. The van der Waals surface area contributed by atoms with Crippen molar-refractivity contribution in [1.29, 1.82) is 0 Å². The zero-order valence-corrected chi connectivity index (χ0v) is 15.2. The van der Waals surface area contributed by atoms with E-state index < -0.39 is 24.1 Å². The largest absolute Gasteiger partial charge is 0.481 e. The maximum Gasteiger partial charge on any atom is 0.262 e. The summed E-state index contributed by atoms with van der Waals surface area (Å²) in [5, 5.41) is 2.67. The molecule has 3 N–H and O–H groups in total. The van der Waals surface area contributed by atoms with Gasteiger partial charge in [-0.25, -0.2) is 8.78 Å². The molecule has 0 bridgehead atoms. The maximum absolute atomic E-state index is 13.5. The SMILES string of the molecule is NC(=O)C1CCCN1Cc1cccc(NC(=O)COc2ccc(F)cc2F)c1. The van der Waals surface area contributed by atoms with Gasteiger partial charge in [0.1, 0.15) is 5.82 Å². The van der Waals surface area contributed by atoms with Crippen molar-refractivity contribution in [2.24, 2.45) is 5.73 Å². The van der Waals surface area contributed by atoms with E-state index >= 15 is 0 Å². The van der Waals surface area contributed by atoms with Gasteiger partial charge in [0.15, 0.2) is 18.2 Å². The van der Waals surface area contributed by atoms with Crippen molar-refractivity contribution < 1.29 is 23.1 Å². The summed E-state index contributed by atoms with van der Waals surface area (Å²) in [5.74, 6) is -2.59. The lowest BCUT2D eigenvalue weighted by atomic mass is 10.1. The van der Waals surface area contributed by atoms with E-state index in [1.807, 2.05) is 11.0 Å². The van der Waals surface area contributed by atoms with Gasteiger partial charge in [0.05, 0.1) is 6.04 Å². The Hall–Kier alpha value is -3.00. The summed E-state index contributed by atoms with van der Waals surface area (Å²) < 4.78 is 31.5. The topological polar surface area (TPSA) is 84.7 Å². The molecule has 1 unspecified atom stereocenters. The minimum absolute atomic E-state index is 0.197. The zero-order valence-electron chi connectivity index (χ0n) is 15.2. The third kappa shape index (κ3) is 5.04. The number of primary amides is 1. The minimum Gasteiger partial charge on any atom is -0.481 e. The first-order chi connectivity index (χ1) is 13.4. The van der Waals surface area contributed by atoms with Gasteiger partial charge in [0.25, 0.3) is 5.91 Å². The first kappa shape index (κ1) is 19.8. The Labute approximate surface area is 161 Å². The molecular weight excluding hydrogens is 368 g/mol. The fourth-order valence-electron chi connectivity index (χ4n) is 3.25. The van der Waals surface area contributed by atoms with Crippen molar-refractivity contribution in [1.82, 2.24) is 4.90 Å². The van der Waals surface area contributed by atoms with E-state index in [0.717, 1.165) is 37.1 Å². The van der Waals surface area contributed by atoms with Crippen LogP contribution in [0.3, 0.4) is 0 Å². The number of nitrogens with zero attached hydrogens (tertiary/aromatic N) is 1. The number of benzene rings is 2. The number of nitrogens with two attached hydrogens (primary N) is 1. The number of hydrogen-bond acceptors (Lipinski definition) is 4. The van der Waals surface area contributed by atoms with Crippen LogP contribution in [0.15, 0.2) is 42.5 Å². The van der Waals surface area contributed by atoms with Gasteiger partial charge >= 0.3 is 0 Å². The second-order valence-corrected chi connectivity index (χ2v) is 6.64. The predicted molar refractivity (Wildman–Crippen MR) is 99.6 cm³/mol. The van der Waals surface area contributed by atoms with Gasteiger partial charge in [0.2, 0.25) is 5.91 Å². The lowest BCUT2D eigenvalue weighted by Crippen LogP contribution is -2.39. The van der Waals surface area contributed by atoms with Crippen molar-refractivity contribution in [2.45, 2.75) is 25.4 Å². The molecule has 1 aliphatic rings. The van der Waals surface area contributed by atoms with E-state index in [9.17, 15) is 18.4 Å². The molecule has 148 valence electrons. The molecule has 1 aliphatic heterocycles. The summed E-state index contributed by atoms with van der Waals surface area (Å²) in [6.07, 6.45) is 1.67. The molecule has 2 aromatic carbocycles. The summed E-state index contributed by atoms with van der Waals surface area (Å²) in [6.45, 7) is 0.929. The lowest BCUT2D eigenvalue weighted by Gasteiger charge is -2.22. The number of rotatable bonds is 7. The summed E-state index contributed by atoms with van der Waals surface area (Å²) in [6, 6.07) is 9.81. The molecule has 8 heteroatoms. The van der Waals surface area contributed by atoms with Gasteiger partial charge in [-0.15, -0.1) is 0 Å². The number of anilines is 1. The molecule has 0 aromatic heterocycles. The minimum atomic E-state index is -0.871. The summed E-state index contributed by atoms with van der Waals surface area (Å²) in [4.78, 5) is 25.6. The van der Waals surface area contributed by atoms with Gasteiger partial charge in [-0.1, -0.05) is 12.1 Å². The highest BCUT2D eigenvalue weighted by molar-refractivity contribution is 5.91. The molecule has 0 radical (unpaired) electrons. The second-order valence-electron chi connectivity index (χ2n) is 6.64. The van der Waals surface area contributed by atoms with E-state index in [1.165, 1.54) is 0 Å². The smallest absolute Gasteiger partial charge is 0.262 e. The lowest BCUT2D eigenvalue weighted by molar-refractivity contribution is -0.122. The van der Waals surface area contributed by atoms with Gasteiger partial charge in [-0.3, -0.25) is 14.5 Å². The molecule has 0 spiro atoms. The van der Waals surface area contributed by atoms with E-state index in [4.69, 9.17) is 10.5 Å². The highest BCUT2D eigenvalue weighted by Crippen LogP contribution is 2.21. The number of amides is 2. The number of hydrogen-bond donors (Lipinski definition) is 2. The van der Waals surface area contributed by atoms with Crippen LogP contribution in [0.4, 0.5) is 14.5 Å². The van der Waals surface area contributed by atoms with Crippen LogP contribution in [0.2, 0.25) is 0 Å². The fraction of sp³-hybridized carbons (Fsp3) is 0.300. The summed E-state index contributed by atoms with van der Waals surface area (Å²) in [5.41, 5.74) is 6.92. The Morgan fingerprint density at radius 1 is 1.21 bits per heavy atom. The molecule has 2 amide bonds. The van der Waals surface area contributed by atoms with E-state index in [-0.39, 0.29) is 17.7 Å². The van der Waals surface area contributed by atoms with Crippen LogP contribution in [-0.2, 0) is 16.1 Å². The number of nitrogens with one attached hydrogen (secondary N) is 1. The predicted octanol–water partition coefficient (Wildman–Crippen LogP) is 2.43. The van der Waals surface area contributed by atoms with Crippen LogP contribution in [0.5, 0.6) is 5.75 Å². The Morgan fingerprint density at radius 3 is 2.79 bits per heavy atom. The van der Waals surface area contributed by atoms with Crippen LogP contribution < -0.4 is 15.8 Å². The normalized spacial score (nSPS) is 16.7. The first-order valence-corrected chi connectivity index (χ1v) is 8.92. The maximum atomic E-state index is 13.5. The van der Waals surface area contributed by atoms with Crippen LogP contribution >= 0.6 is 0 Å². The Balaban J connectivity index is 1.56. The summed E-state index contributed by atoms with van der Waals surface area (Å²) in [7, 11) is 0. The van der Waals surface area contributed by atoms with E-state index in [1.54, 1.807) is 18.2 Å². The van der Waals surface area contributed by atoms with Crippen molar-refractivity contribution in [3.63, 3.8) is 0 Å². The monoisotopic (exact) mass is 389 g/mol. The number of carbonyl (C=O) groups excluding carboxylic acids is 2. The molecule has 1 heterocycles. The van der Waals surface area contributed by atoms with E-state index in [2.05, 4.69) is 5.32 Å². The molecule has 6 nitrogen and oxygen atoms in total. The molecule has 2 aromatic rings. The first-order valence-electron chi connectivity index (χ1n) is 8.92. The van der Waals surface area contributed by atoms with Crippen LogP contribution in [0, 0.1) is 11.6 Å². The third-order valence-corrected chi connectivity index (χ3v) is 4.54. The number of likely N-dealkylation sites (tertiary alicyclic amines) is 1. The average molecular weight is 389 g/mol. The Morgan fingerprint density at radius 2 is 2.04 bits per heavy atom. The highest BCUT2D eigenvalue weighted by atomic mass is 19.1. The average Bonchev–Trinajstić information content (AvgIpc) is 3.09. The zero-order chi connectivity index (χ0) is 20.1.